The summed E-state index contributed by atoms with van der Waals surface area (Å²) in [7, 11) is 1.71. The molecule has 0 spiro atoms. The molecule has 0 aromatic heterocycles. The molecule has 1 aromatic carbocycles. The molecule has 2 aliphatic rings. The number of hydrogen-bond acceptors (Lipinski definition) is 3. The Kier molecular flexibility index (Phi) is 6.35. The highest BCUT2D eigenvalue weighted by atomic mass is 16.5. The van der Waals surface area contributed by atoms with E-state index in [1.54, 1.807) is 7.11 Å². The summed E-state index contributed by atoms with van der Waals surface area (Å²) in [6.45, 7) is 2.13. The SMILES string of the molecule is COc1ccccc1C1(CNC(=O)CCC2CCCC2)CCOCC1. The number of benzene rings is 1. The van der Waals surface area contributed by atoms with E-state index in [0.717, 1.165) is 44.1 Å². The summed E-state index contributed by atoms with van der Waals surface area (Å²) in [5, 5.41) is 3.22. The standard InChI is InChI=1S/C21H31NO3/c1-24-19-9-5-4-8-18(19)21(12-14-25-15-13-21)16-22-20(23)11-10-17-6-2-3-7-17/h4-5,8-9,17H,2-3,6-7,10-16H2,1H3,(H,22,23). The van der Waals surface area contributed by atoms with Crippen LogP contribution in [0.4, 0.5) is 0 Å². The van der Waals surface area contributed by atoms with E-state index in [-0.39, 0.29) is 11.3 Å². The van der Waals surface area contributed by atoms with E-state index in [9.17, 15) is 4.79 Å². The van der Waals surface area contributed by atoms with Crippen molar-refractivity contribution in [2.75, 3.05) is 26.9 Å². The van der Waals surface area contributed by atoms with Gasteiger partial charge in [0.25, 0.3) is 0 Å². The fraction of sp³-hybridized carbons (Fsp3) is 0.667. The third-order valence-corrected chi connectivity index (χ3v) is 6.01. The van der Waals surface area contributed by atoms with Crippen molar-refractivity contribution in [2.24, 2.45) is 5.92 Å². The van der Waals surface area contributed by atoms with Crippen molar-refractivity contribution >= 4 is 5.91 Å². The largest absolute Gasteiger partial charge is 0.496 e. The highest BCUT2D eigenvalue weighted by Crippen LogP contribution is 2.39. The highest BCUT2D eigenvalue weighted by molar-refractivity contribution is 5.76. The van der Waals surface area contributed by atoms with Gasteiger partial charge in [-0.2, -0.15) is 0 Å². The van der Waals surface area contributed by atoms with Crippen molar-refractivity contribution < 1.29 is 14.3 Å². The topological polar surface area (TPSA) is 47.6 Å². The van der Waals surface area contributed by atoms with Crippen LogP contribution in [0.3, 0.4) is 0 Å². The van der Waals surface area contributed by atoms with E-state index in [1.165, 1.54) is 31.2 Å². The van der Waals surface area contributed by atoms with Crippen molar-refractivity contribution in [1.29, 1.82) is 0 Å². The number of rotatable bonds is 7. The van der Waals surface area contributed by atoms with Gasteiger partial charge in [0.2, 0.25) is 5.91 Å². The van der Waals surface area contributed by atoms with Crippen molar-refractivity contribution in [1.82, 2.24) is 5.32 Å². The average Bonchev–Trinajstić information content (AvgIpc) is 3.19. The number of carbonyl (C=O) groups is 1. The third kappa shape index (κ3) is 4.55. The zero-order valence-corrected chi connectivity index (χ0v) is 15.4. The van der Waals surface area contributed by atoms with Crippen LogP contribution in [-0.4, -0.2) is 32.8 Å². The van der Waals surface area contributed by atoms with Crippen LogP contribution in [0, 0.1) is 5.92 Å². The van der Waals surface area contributed by atoms with Crippen LogP contribution in [-0.2, 0) is 14.9 Å². The van der Waals surface area contributed by atoms with Gasteiger partial charge in [-0.05, 0) is 31.2 Å². The van der Waals surface area contributed by atoms with Crippen LogP contribution < -0.4 is 10.1 Å². The van der Waals surface area contributed by atoms with E-state index < -0.39 is 0 Å². The highest BCUT2D eigenvalue weighted by Gasteiger charge is 2.37. The fourth-order valence-electron chi connectivity index (χ4n) is 4.38. The van der Waals surface area contributed by atoms with Crippen molar-refractivity contribution in [3.63, 3.8) is 0 Å². The molecule has 25 heavy (non-hydrogen) atoms. The Morgan fingerprint density at radius 1 is 1.24 bits per heavy atom. The lowest BCUT2D eigenvalue weighted by Crippen LogP contribution is -2.44. The van der Waals surface area contributed by atoms with Crippen LogP contribution in [0.25, 0.3) is 0 Å². The molecule has 1 N–H and O–H groups in total. The Morgan fingerprint density at radius 3 is 2.68 bits per heavy atom. The lowest BCUT2D eigenvalue weighted by Gasteiger charge is -2.38. The minimum absolute atomic E-state index is 0.0894. The second kappa shape index (κ2) is 8.70. The van der Waals surface area contributed by atoms with Gasteiger partial charge >= 0.3 is 0 Å². The first-order valence-corrected chi connectivity index (χ1v) is 9.71. The van der Waals surface area contributed by atoms with Crippen molar-refractivity contribution in [3.05, 3.63) is 29.8 Å². The number of nitrogens with one attached hydrogen (secondary N) is 1. The van der Waals surface area contributed by atoms with Gasteiger partial charge in [0.05, 0.1) is 7.11 Å². The predicted octanol–water partition coefficient (Wildman–Crippen LogP) is 3.83. The molecule has 0 radical (unpaired) electrons. The Hall–Kier alpha value is -1.55. The average molecular weight is 345 g/mol. The lowest BCUT2D eigenvalue weighted by molar-refractivity contribution is -0.121. The third-order valence-electron chi connectivity index (χ3n) is 6.01. The van der Waals surface area contributed by atoms with Gasteiger partial charge in [-0.25, -0.2) is 0 Å². The van der Waals surface area contributed by atoms with Crippen molar-refractivity contribution in [2.45, 2.75) is 56.8 Å². The fourth-order valence-corrected chi connectivity index (χ4v) is 4.38. The maximum absolute atomic E-state index is 12.4. The summed E-state index contributed by atoms with van der Waals surface area (Å²) in [5.41, 5.74) is 1.10. The normalized spacial score (nSPS) is 20.4. The predicted molar refractivity (Wildman–Crippen MR) is 98.9 cm³/mol. The molecule has 3 rings (SSSR count). The quantitative estimate of drug-likeness (QED) is 0.817. The summed E-state index contributed by atoms with van der Waals surface area (Å²) in [6, 6.07) is 8.19. The Morgan fingerprint density at radius 2 is 1.96 bits per heavy atom. The second-order valence-electron chi connectivity index (χ2n) is 7.56. The Bertz CT molecular complexity index is 560. The van der Waals surface area contributed by atoms with Gasteiger partial charge in [-0.15, -0.1) is 0 Å². The van der Waals surface area contributed by atoms with Gasteiger partial charge in [0.15, 0.2) is 0 Å². The monoisotopic (exact) mass is 345 g/mol. The summed E-state index contributed by atoms with van der Waals surface area (Å²) in [4.78, 5) is 12.4. The Balaban J connectivity index is 1.63. The molecule has 1 aliphatic heterocycles. The molecule has 4 heteroatoms. The van der Waals surface area contributed by atoms with Gasteiger partial charge in [0, 0.05) is 37.2 Å². The van der Waals surface area contributed by atoms with Gasteiger partial charge in [0.1, 0.15) is 5.75 Å². The van der Waals surface area contributed by atoms with E-state index >= 15 is 0 Å². The molecule has 1 saturated carbocycles. The van der Waals surface area contributed by atoms with E-state index in [2.05, 4.69) is 17.4 Å². The van der Waals surface area contributed by atoms with Crippen LogP contribution in [0.1, 0.15) is 56.9 Å². The van der Waals surface area contributed by atoms with E-state index in [1.807, 2.05) is 12.1 Å². The summed E-state index contributed by atoms with van der Waals surface area (Å²) >= 11 is 0. The summed E-state index contributed by atoms with van der Waals surface area (Å²) in [5.74, 6) is 1.86. The molecule has 0 bridgehead atoms. The number of para-hydroxylation sites is 1. The van der Waals surface area contributed by atoms with Crippen LogP contribution in [0.2, 0.25) is 0 Å². The Labute approximate surface area is 151 Å². The minimum Gasteiger partial charge on any atom is -0.496 e. The molecule has 0 atom stereocenters. The first-order valence-electron chi connectivity index (χ1n) is 9.71. The zero-order chi connectivity index (χ0) is 17.5. The molecule has 1 saturated heterocycles. The number of ether oxygens (including phenoxy) is 2. The molecule has 1 aliphatic carbocycles. The minimum atomic E-state index is -0.0894. The molecular formula is C21H31NO3. The summed E-state index contributed by atoms with van der Waals surface area (Å²) < 4.78 is 11.2. The van der Waals surface area contributed by atoms with Crippen LogP contribution >= 0.6 is 0 Å². The smallest absolute Gasteiger partial charge is 0.220 e. The molecule has 0 unspecified atom stereocenters. The molecule has 4 nitrogen and oxygen atoms in total. The maximum atomic E-state index is 12.4. The molecule has 138 valence electrons. The molecule has 1 aromatic rings. The molecule has 1 heterocycles. The number of carbonyl (C=O) groups excluding carboxylic acids is 1. The zero-order valence-electron chi connectivity index (χ0n) is 15.4. The maximum Gasteiger partial charge on any atom is 0.220 e. The summed E-state index contributed by atoms with van der Waals surface area (Å²) in [6.07, 6.45) is 8.80. The van der Waals surface area contributed by atoms with Gasteiger partial charge < -0.3 is 14.8 Å². The van der Waals surface area contributed by atoms with Crippen molar-refractivity contribution in [3.8, 4) is 5.75 Å². The first-order chi connectivity index (χ1) is 12.2. The molecule has 2 fully saturated rings. The van der Waals surface area contributed by atoms with Crippen LogP contribution in [0.15, 0.2) is 24.3 Å². The first kappa shape index (κ1) is 18.2. The number of amides is 1. The lowest BCUT2D eigenvalue weighted by atomic mass is 9.73. The second-order valence-corrected chi connectivity index (χ2v) is 7.56. The number of hydrogen-bond donors (Lipinski definition) is 1. The van der Waals surface area contributed by atoms with Crippen LogP contribution in [0.5, 0.6) is 5.75 Å². The number of methoxy groups -OCH3 is 1. The van der Waals surface area contributed by atoms with Gasteiger partial charge in [-0.1, -0.05) is 43.9 Å². The van der Waals surface area contributed by atoms with E-state index in [0.29, 0.717) is 13.0 Å². The molecule has 1 amide bonds. The van der Waals surface area contributed by atoms with Gasteiger partial charge in [-0.3, -0.25) is 4.79 Å². The molecular weight excluding hydrogens is 314 g/mol. The van der Waals surface area contributed by atoms with E-state index in [4.69, 9.17) is 9.47 Å².